The molecule has 1 N–H and O–H groups in total. The van der Waals surface area contributed by atoms with Crippen molar-refractivity contribution >= 4 is 51.1 Å². The summed E-state index contributed by atoms with van der Waals surface area (Å²) >= 11 is 10.00. The van der Waals surface area contributed by atoms with Crippen molar-refractivity contribution in [2.75, 3.05) is 64.7 Å². The lowest BCUT2D eigenvalue weighted by atomic mass is 9.91. The highest BCUT2D eigenvalue weighted by atomic mass is 79.9. The minimum Gasteiger partial charge on any atom is -0.343 e. The number of nitrogens with one attached hydrogen (secondary N) is 1. The van der Waals surface area contributed by atoms with Crippen LogP contribution >= 0.6 is 27.5 Å². The number of carbonyl (C=O) groups excluding carboxylic acids is 3. The number of piperazine rings is 1. The van der Waals surface area contributed by atoms with Crippen LogP contribution in [0.4, 0.5) is 10.5 Å². The van der Waals surface area contributed by atoms with Crippen LogP contribution in [-0.2, 0) is 22.6 Å². The van der Waals surface area contributed by atoms with Gasteiger partial charge < -0.3 is 24.9 Å². The van der Waals surface area contributed by atoms with Crippen LogP contribution in [0.3, 0.4) is 0 Å². The van der Waals surface area contributed by atoms with E-state index >= 15 is 0 Å². The number of para-hydroxylation sites is 1. The standard InChI is InChI=1S/C35H46BrClN6O3/c1-24-19-25(21-30(36)33(24)37)20-27(34(45)42-13-7-28(8-14-42)40-17-15-39(2)16-18-40)22-32(44)41-11-9-29(10-12-41)43-23-26-5-3-4-6-31(26)38-35(43)46/h3-6,19,21,27-29H,7-18,20,22-23H2,1-2H3,(H,38,46). The minimum atomic E-state index is -0.442. The average molecular weight is 714 g/mol. The summed E-state index contributed by atoms with van der Waals surface area (Å²) in [6.45, 7) is 9.53. The summed E-state index contributed by atoms with van der Waals surface area (Å²) in [5, 5.41) is 3.69. The van der Waals surface area contributed by atoms with Gasteiger partial charge in [-0.2, -0.15) is 0 Å². The lowest BCUT2D eigenvalue weighted by Crippen LogP contribution is -2.54. The third kappa shape index (κ3) is 7.56. The van der Waals surface area contributed by atoms with Crippen LogP contribution in [0.2, 0.25) is 5.02 Å². The lowest BCUT2D eigenvalue weighted by molar-refractivity contribution is -0.143. The second kappa shape index (κ2) is 14.6. The molecule has 46 heavy (non-hydrogen) atoms. The second-order valence-electron chi connectivity index (χ2n) is 13.5. The maximum atomic E-state index is 14.1. The SMILES string of the molecule is Cc1cc(CC(CC(=O)N2CCC(N3Cc4ccccc4NC3=O)CC2)C(=O)N2CCC(N3CCN(C)CC3)CC2)cc(Br)c1Cl. The fraction of sp³-hybridized carbons (Fsp3) is 0.571. The quantitative estimate of drug-likeness (QED) is 0.425. The minimum absolute atomic E-state index is 0.0160. The van der Waals surface area contributed by atoms with Crippen molar-refractivity contribution in [1.29, 1.82) is 0 Å². The highest BCUT2D eigenvalue weighted by molar-refractivity contribution is 9.10. The smallest absolute Gasteiger partial charge is 0.322 e. The molecule has 0 saturated carbocycles. The molecule has 4 aliphatic heterocycles. The van der Waals surface area contributed by atoms with Crippen molar-refractivity contribution in [2.24, 2.45) is 5.92 Å². The Balaban J connectivity index is 1.09. The molecule has 0 aliphatic carbocycles. The van der Waals surface area contributed by atoms with E-state index in [4.69, 9.17) is 11.6 Å². The molecule has 0 spiro atoms. The van der Waals surface area contributed by atoms with E-state index in [0.29, 0.717) is 37.1 Å². The Labute approximate surface area is 286 Å². The van der Waals surface area contributed by atoms with Gasteiger partial charge in [-0.25, -0.2) is 4.79 Å². The maximum absolute atomic E-state index is 14.1. The molecular weight excluding hydrogens is 668 g/mol. The Morgan fingerprint density at radius 1 is 0.935 bits per heavy atom. The summed E-state index contributed by atoms with van der Waals surface area (Å²) in [4.78, 5) is 51.6. The molecule has 6 rings (SSSR count). The molecule has 0 bridgehead atoms. The molecule has 2 aromatic carbocycles. The highest BCUT2D eigenvalue weighted by Gasteiger charge is 2.36. The molecule has 4 aliphatic rings. The molecule has 4 heterocycles. The van der Waals surface area contributed by atoms with Gasteiger partial charge in [-0.15, -0.1) is 0 Å². The number of hydrogen-bond donors (Lipinski definition) is 1. The molecule has 1 unspecified atom stereocenters. The Kier molecular flexibility index (Phi) is 10.6. The van der Waals surface area contributed by atoms with Gasteiger partial charge in [0.25, 0.3) is 0 Å². The molecule has 3 saturated heterocycles. The second-order valence-corrected chi connectivity index (χ2v) is 14.8. The van der Waals surface area contributed by atoms with E-state index < -0.39 is 5.92 Å². The van der Waals surface area contributed by atoms with Crippen LogP contribution in [0.25, 0.3) is 0 Å². The molecule has 2 aromatic rings. The largest absolute Gasteiger partial charge is 0.343 e. The monoisotopic (exact) mass is 712 g/mol. The van der Waals surface area contributed by atoms with Crippen LogP contribution in [-0.4, -0.2) is 114 Å². The number of fused-ring (bicyclic) bond motifs is 1. The van der Waals surface area contributed by atoms with E-state index in [9.17, 15) is 14.4 Å². The number of rotatable bonds is 7. The Bertz CT molecular complexity index is 1410. The van der Waals surface area contributed by atoms with Gasteiger partial charge in [-0.3, -0.25) is 14.5 Å². The highest BCUT2D eigenvalue weighted by Crippen LogP contribution is 2.31. The zero-order valence-electron chi connectivity index (χ0n) is 27.0. The molecule has 11 heteroatoms. The van der Waals surface area contributed by atoms with Gasteiger partial charge in [0.1, 0.15) is 0 Å². The Hall–Kier alpha value is -2.66. The molecule has 1 atom stereocenters. The van der Waals surface area contributed by atoms with Gasteiger partial charge >= 0.3 is 6.03 Å². The van der Waals surface area contributed by atoms with E-state index in [2.05, 4.69) is 38.1 Å². The van der Waals surface area contributed by atoms with E-state index in [1.54, 1.807) is 0 Å². The van der Waals surface area contributed by atoms with Gasteiger partial charge in [-0.1, -0.05) is 35.9 Å². The Morgan fingerprint density at radius 2 is 1.59 bits per heavy atom. The fourth-order valence-electron chi connectivity index (χ4n) is 7.63. The third-order valence-electron chi connectivity index (χ3n) is 10.5. The number of benzene rings is 2. The van der Waals surface area contributed by atoms with Crippen LogP contribution < -0.4 is 5.32 Å². The topological polar surface area (TPSA) is 79.4 Å². The van der Waals surface area contributed by atoms with Gasteiger partial charge in [0, 0.05) is 87.6 Å². The van der Waals surface area contributed by atoms with Crippen molar-refractivity contribution in [3.05, 3.63) is 62.6 Å². The molecule has 248 valence electrons. The van der Waals surface area contributed by atoms with E-state index in [-0.39, 0.29) is 30.3 Å². The van der Waals surface area contributed by atoms with Crippen molar-refractivity contribution in [3.8, 4) is 0 Å². The number of nitrogens with zero attached hydrogens (tertiary/aromatic N) is 5. The average Bonchev–Trinajstić information content (AvgIpc) is 3.06. The van der Waals surface area contributed by atoms with Gasteiger partial charge in [0.05, 0.1) is 10.9 Å². The number of halogens is 2. The van der Waals surface area contributed by atoms with E-state index in [1.165, 1.54) is 0 Å². The zero-order valence-corrected chi connectivity index (χ0v) is 29.4. The summed E-state index contributed by atoms with van der Waals surface area (Å²) in [7, 11) is 2.18. The number of likely N-dealkylation sites (N-methyl/N-ethyl adjacent to an activating group) is 1. The summed E-state index contributed by atoms with van der Waals surface area (Å²) in [5.41, 5.74) is 3.93. The summed E-state index contributed by atoms with van der Waals surface area (Å²) in [6.07, 6.45) is 4.07. The number of likely N-dealkylation sites (tertiary alicyclic amines) is 2. The summed E-state index contributed by atoms with van der Waals surface area (Å²) in [6, 6.07) is 12.4. The first-order chi connectivity index (χ1) is 22.2. The first-order valence-corrected chi connectivity index (χ1v) is 17.9. The van der Waals surface area contributed by atoms with Gasteiger partial charge in [0.2, 0.25) is 11.8 Å². The van der Waals surface area contributed by atoms with Crippen LogP contribution in [0.5, 0.6) is 0 Å². The first-order valence-electron chi connectivity index (χ1n) is 16.8. The van der Waals surface area contributed by atoms with Crippen LogP contribution in [0.1, 0.15) is 48.8 Å². The maximum Gasteiger partial charge on any atom is 0.322 e. The summed E-state index contributed by atoms with van der Waals surface area (Å²) in [5.74, 6) is -0.350. The number of urea groups is 1. The van der Waals surface area contributed by atoms with Gasteiger partial charge in [0.15, 0.2) is 0 Å². The van der Waals surface area contributed by atoms with Crippen LogP contribution in [0.15, 0.2) is 40.9 Å². The van der Waals surface area contributed by atoms with Crippen molar-refractivity contribution < 1.29 is 14.4 Å². The lowest BCUT2D eigenvalue weighted by Gasteiger charge is -2.43. The third-order valence-corrected chi connectivity index (χ3v) is 11.8. The summed E-state index contributed by atoms with van der Waals surface area (Å²) < 4.78 is 0.807. The molecule has 3 fully saturated rings. The first kappa shape index (κ1) is 33.2. The number of piperidine rings is 2. The normalized spacial score (nSPS) is 21.2. The fourth-order valence-corrected chi connectivity index (χ4v) is 8.34. The van der Waals surface area contributed by atoms with E-state index in [0.717, 1.165) is 91.8 Å². The number of carbonyl (C=O) groups is 3. The van der Waals surface area contributed by atoms with Crippen molar-refractivity contribution in [3.63, 3.8) is 0 Å². The number of amides is 4. The molecule has 0 aromatic heterocycles. The predicted octanol–water partition coefficient (Wildman–Crippen LogP) is 5.24. The van der Waals surface area contributed by atoms with E-state index in [1.807, 2.05) is 58.0 Å². The van der Waals surface area contributed by atoms with Crippen molar-refractivity contribution in [1.82, 2.24) is 24.5 Å². The predicted molar refractivity (Wildman–Crippen MR) is 185 cm³/mol. The molecule has 9 nitrogen and oxygen atoms in total. The molecule has 4 amide bonds. The van der Waals surface area contributed by atoms with Crippen molar-refractivity contribution in [2.45, 2.75) is 64.1 Å². The number of hydrogen-bond acceptors (Lipinski definition) is 5. The van der Waals surface area contributed by atoms with Crippen LogP contribution in [0, 0.1) is 12.8 Å². The zero-order chi connectivity index (χ0) is 32.4. The van der Waals surface area contributed by atoms with Gasteiger partial charge in [-0.05, 0) is 90.8 Å². The number of anilines is 1. The Morgan fingerprint density at radius 3 is 2.28 bits per heavy atom. The molecular formula is C35H46BrClN6O3. The number of aryl methyl sites for hydroxylation is 1. The molecule has 0 radical (unpaired) electrons.